The van der Waals surface area contributed by atoms with Crippen LogP contribution in [0.25, 0.3) is 6.08 Å². The number of nitrogens with one attached hydrogen (secondary N) is 1. The molecule has 1 aromatic carbocycles. The van der Waals surface area contributed by atoms with Crippen molar-refractivity contribution >= 4 is 18.1 Å². The lowest BCUT2D eigenvalue weighted by Gasteiger charge is -2.24. The predicted molar refractivity (Wildman–Crippen MR) is 108 cm³/mol. The maximum absolute atomic E-state index is 12.7. The first-order chi connectivity index (χ1) is 13.2. The number of aryl methyl sites for hydroxylation is 1. The fraction of sp³-hybridized carbons (Fsp3) is 0.500. The van der Waals surface area contributed by atoms with Crippen LogP contribution in [0.5, 0.6) is 0 Å². The summed E-state index contributed by atoms with van der Waals surface area (Å²) < 4.78 is 5.32. The van der Waals surface area contributed by atoms with E-state index in [2.05, 4.69) is 11.4 Å². The van der Waals surface area contributed by atoms with Crippen LogP contribution in [0.15, 0.2) is 30.3 Å². The summed E-state index contributed by atoms with van der Waals surface area (Å²) in [6.07, 6.45) is 4.71. The number of carbonyl (C=O) groups excluding carboxylic acids is 2. The fourth-order valence-corrected chi connectivity index (χ4v) is 3.04. The zero-order valence-corrected chi connectivity index (χ0v) is 17.1. The third kappa shape index (κ3) is 6.73. The van der Waals surface area contributed by atoms with Crippen molar-refractivity contribution in [1.82, 2.24) is 10.2 Å². The smallest absolute Gasteiger partial charge is 0.408 e. The van der Waals surface area contributed by atoms with E-state index in [4.69, 9.17) is 4.74 Å². The van der Waals surface area contributed by atoms with E-state index in [0.29, 0.717) is 13.0 Å². The van der Waals surface area contributed by atoms with E-state index in [1.165, 1.54) is 0 Å². The van der Waals surface area contributed by atoms with Crippen LogP contribution < -0.4 is 5.32 Å². The molecule has 6 nitrogen and oxygen atoms in total. The second kappa shape index (κ2) is 9.41. The first-order valence-corrected chi connectivity index (χ1v) is 9.61. The van der Waals surface area contributed by atoms with Crippen LogP contribution in [0.1, 0.15) is 51.2 Å². The summed E-state index contributed by atoms with van der Waals surface area (Å²) in [6, 6.07) is 9.23. The Hall–Kier alpha value is -2.81. The van der Waals surface area contributed by atoms with E-state index in [-0.39, 0.29) is 18.4 Å². The largest absolute Gasteiger partial charge is 0.444 e. The SMILES string of the molecule is Cc1ccc(/C=C/C(CC(=O)N2CCCC2C#N)NC(=O)OC(C)(C)C)cc1. The third-order valence-electron chi connectivity index (χ3n) is 4.42. The highest BCUT2D eigenvalue weighted by Gasteiger charge is 2.30. The Balaban J connectivity index is 2.10. The lowest BCUT2D eigenvalue weighted by molar-refractivity contribution is -0.131. The molecule has 2 unspecified atom stereocenters. The van der Waals surface area contributed by atoms with Gasteiger partial charge in [-0.2, -0.15) is 5.26 Å². The number of nitrogens with zero attached hydrogens (tertiary/aromatic N) is 2. The van der Waals surface area contributed by atoms with Gasteiger partial charge in [0.05, 0.1) is 18.5 Å². The zero-order valence-electron chi connectivity index (χ0n) is 17.1. The summed E-state index contributed by atoms with van der Waals surface area (Å²) in [5.41, 5.74) is 1.51. The molecule has 2 atom stereocenters. The highest BCUT2D eigenvalue weighted by Crippen LogP contribution is 2.18. The monoisotopic (exact) mass is 383 g/mol. The summed E-state index contributed by atoms with van der Waals surface area (Å²) in [7, 11) is 0. The van der Waals surface area contributed by atoms with E-state index in [0.717, 1.165) is 17.5 Å². The van der Waals surface area contributed by atoms with E-state index in [9.17, 15) is 14.9 Å². The minimum atomic E-state index is -0.625. The van der Waals surface area contributed by atoms with Gasteiger partial charge in [-0.3, -0.25) is 4.79 Å². The predicted octanol–water partition coefficient (Wildman–Crippen LogP) is 3.81. The lowest BCUT2D eigenvalue weighted by atomic mass is 10.1. The van der Waals surface area contributed by atoms with Crippen LogP contribution >= 0.6 is 0 Å². The molecule has 1 heterocycles. The molecule has 2 amide bonds. The lowest BCUT2D eigenvalue weighted by Crippen LogP contribution is -2.43. The van der Waals surface area contributed by atoms with Crippen LogP contribution in [0, 0.1) is 18.3 Å². The molecular formula is C22H29N3O3. The molecule has 1 aliphatic rings. The molecule has 1 aliphatic heterocycles. The number of hydrogen-bond acceptors (Lipinski definition) is 4. The van der Waals surface area contributed by atoms with Crippen molar-refractivity contribution in [3.8, 4) is 6.07 Å². The first kappa shape index (κ1) is 21.5. The van der Waals surface area contributed by atoms with Gasteiger partial charge in [0, 0.05) is 6.54 Å². The maximum Gasteiger partial charge on any atom is 0.408 e. The van der Waals surface area contributed by atoms with E-state index < -0.39 is 17.7 Å². The van der Waals surface area contributed by atoms with E-state index >= 15 is 0 Å². The second-order valence-electron chi connectivity index (χ2n) is 8.10. The number of likely N-dealkylation sites (tertiary alicyclic amines) is 1. The highest BCUT2D eigenvalue weighted by molar-refractivity contribution is 5.79. The Bertz CT molecular complexity index is 757. The number of hydrogen-bond donors (Lipinski definition) is 1. The molecule has 0 aromatic heterocycles. The average Bonchev–Trinajstić information content (AvgIpc) is 3.08. The Kier molecular flexibility index (Phi) is 7.22. The quantitative estimate of drug-likeness (QED) is 0.838. The van der Waals surface area contributed by atoms with Gasteiger partial charge < -0.3 is 15.0 Å². The molecule has 0 aliphatic carbocycles. The molecule has 1 N–H and O–H groups in total. The van der Waals surface area contributed by atoms with Crippen LogP contribution in [0.4, 0.5) is 4.79 Å². The normalized spacial score (nSPS) is 18.0. The average molecular weight is 383 g/mol. The van der Waals surface area contributed by atoms with Crippen LogP contribution in [-0.4, -0.2) is 41.1 Å². The van der Waals surface area contributed by atoms with Crippen molar-refractivity contribution in [2.45, 2.75) is 64.6 Å². The van der Waals surface area contributed by atoms with Gasteiger partial charge in [-0.15, -0.1) is 0 Å². The van der Waals surface area contributed by atoms with E-state index in [1.54, 1.807) is 31.7 Å². The van der Waals surface area contributed by atoms with Gasteiger partial charge in [-0.1, -0.05) is 42.0 Å². The maximum atomic E-state index is 12.7. The topological polar surface area (TPSA) is 82.4 Å². The zero-order chi connectivity index (χ0) is 20.7. The summed E-state index contributed by atoms with van der Waals surface area (Å²) >= 11 is 0. The molecule has 0 radical (unpaired) electrons. The molecule has 1 saturated heterocycles. The molecule has 2 rings (SSSR count). The van der Waals surface area contributed by atoms with Crippen LogP contribution in [0.3, 0.4) is 0 Å². The highest BCUT2D eigenvalue weighted by atomic mass is 16.6. The number of carbonyl (C=O) groups is 2. The summed E-state index contributed by atoms with van der Waals surface area (Å²) in [4.78, 5) is 26.5. The second-order valence-corrected chi connectivity index (χ2v) is 8.10. The number of nitriles is 1. The summed E-state index contributed by atoms with van der Waals surface area (Å²) in [6.45, 7) is 7.96. The number of amides is 2. The molecular weight excluding hydrogens is 354 g/mol. The summed E-state index contributed by atoms with van der Waals surface area (Å²) in [5, 5.41) is 12.0. The fourth-order valence-electron chi connectivity index (χ4n) is 3.04. The Morgan fingerprint density at radius 2 is 2.04 bits per heavy atom. The van der Waals surface area contributed by atoms with Gasteiger partial charge in [-0.05, 0) is 46.1 Å². The van der Waals surface area contributed by atoms with Gasteiger partial charge in [0.15, 0.2) is 0 Å². The van der Waals surface area contributed by atoms with Crippen molar-refractivity contribution in [3.05, 3.63) is 41.5 Å². The van der Waals surface area contributed by atoms with Gasteiger partial charge in [0.2, 0.25) is 5.91 Å². The molecule has 0 saturated carbocycles. The van der Waals surface area contributed by atoms with Gasteiger partial charge in [0.25, 0.3) is 0 Å². The van der Waals surface area contributed by atoms with E-state index in [1.807, 2.05) is 37.3 Å². The number of rotatable bonds is 5. The standard InChI is InChI=1S/C22H29N3O3/c1-16-7-9-17(10-8-16)11-12-18(24-21(27)28-22(2,3)4)14-20(26)25-13-5-6-19(25)15-23/h7-12,18-19H,5-6,13-14H2,1-4H3,(H,24,27)/b12-11+. The number of ether oxygens (including phenoxy) is 1. The van der Waals surface area contributed by atoms with Crippen LogP contribution in [0.2, 0.25) is 0 Å². The Morgan fingerprint density at radius 1 is 1.36 bits per heavy atom. The van der Waals surface area contributed by atoms with Crippen molar-refractivity contribution in [2.75, 3.05) is 6.54 Å². The molecule has 1 aromatic rings. The molecule has 1 fully saturated rings. The Morgan fingerprint density at radius 3 is 2.64 bits per heavy atom. The van der Waals surface area contributed by atoms with Crippen molar-refractivity contribution in [1.29, 1.82) is 5.26 Å². The molecule has 0 spiro atoms. The van der Waals surface area contributed by atoms with Gasteiger partial charge >= 0.3 is 6.09 Å². The minimum Gasteiger partial charge on any atom is -0.444 e. The molecule has 0 bridgehead atoms. The molecule has 28 heavy (non-hydrogen) atoms. The first-order valence-electron chi connectivity index (χ1n) is 9.61. The molecule has 6 heteroatoms. The van der Waals surface area contributed by atoms with Crippen molar-refractivity contribution in [3.63, 3.8) is 0 Å². The van der Waals surface area contributed by atoms with Crippen LogP contribution in [-0.2, 0) is 9.53 Å². The number of alkyl carbamates (subject to hydrolysis) is 1. The van der Waals surface area contributed by atoms with Gasteiger partial charge in [-0.25, -0.2) is 4.79 Å². The number of benzene rings is 1. The molecule has 150 valence electrons. The summed E-state index contributed by atoms with van der Waals surface area (Å²) in [5.74, 6) is -0.140. The Labute approximate surface area is 167 Å². The van der Waals surface area contributed by atoms with Crippen molar-refractivity contribution in [2.24, 2.45) is 0 Å². The minimum absolute atomic E-state index is 0.0831. The van der Waals surface area contributed by atoms with Crippen molar-refractivity contribution < 1.29 is 14.3 Å². The third-order valence-corrected chi connectivity index (χ3v) is 4.42. The van der Waals surface area contributed by atoms with Gasteiger partial charge in [0.1, 0.15) is 11.6 Å².